The van der Waals surface area contributed by atoms with E-state index in [1.165, 1.54) is 11.8 Å². The van der Waals surface area contributed by atoms with E-state index < -0.39 is 53.7 Å². The van der Waals surface area contributed by atoms with Crippen LogP contribution in [0.15, 0.2) is 65.1 Å². The van der Waals surface area contributed by atoms with Gasteiger partial charge in [0.25, 0.3) is 0 Å². The summed E-state index contributed by atoms with van der Waals surface area (Å²) in [5.41, 5.74) is 2.04. The van der Waals surface area contributed by atoms with Gasteiger partial charge in [-0.3, -0.25) is 24.0 Å². The van der Waals surface area contributed by atoms with Crippen LogP contribution in [-0.4, -0.2) is 76.7 Å². The van der Waals surface area contributed by atoms with Gasteiger partial charge in [0.05, 0.1) is 18.7 Å². The van der Waals surface area contributed by atoms with Gasteiger partial charge >= 0.3 is 0 Å². The summed E-state index contributed by atoms with van der Waals surface area (Å²) in [5, 5.41) is 11.3. The van der Waals surface area contributed by atoms with Crippen LogP contribution in [0.25, 0.3) is 11.5 Å². The number of amides is 5. The topological polar surface area (TPSA) is 163 Å². The van der Waals surface area contributed by atoms with Gasteiger partial charge in [-0.25, -0.2) is 4.98 Å². The molecule has 0 saturated carbocycles. The number of aryl methyl sites for hydroxylation is 1. The first-order valence-corrected chi connectivity index (χ1v) is 16.5. The van der Waals surface area contributed by atoms with Gasteiger partial charge in [-0.2, -0.15) is 0 Å². The van der Waals surface area contributed by atoms with E-state index >= 15 is 0 Å². The van der Waals surface area contributed by atoms with E-state index in [0.717, 1.165) is 11.1 Å². The lowest BCUT2D eigenvalue weighted by Gasteiger charge is -2.29. The second-order valence-electron chi connectivity index (χ2n) is 12.7. The molecule has 2 aromatic carbocycles. The largest absolute Gasteiger partial charge is 0.441 e. The number of hydrogen-bond donors (Lipinski definition) is 4. The zero-order valence-electron chi connectivity index (χ0n) is 28.2. The molecule has 5 amide bonds. The van der Waals surface area contributed by atoms with Crippen LogP contribution in [0.2, 0.25) is 0 Å². The molecule has 4 atom stereocenters. The van der Waals surface area contributed by atoms with Crippen molar-refractivity contribution in [1.29, 1.82) is 0 Å². The van der Waals surface area contributed by atoms with Crippen LogP contribution in [0.1, 0.15) is 57.6 Å². The molecule has 2 heterocycles. The second-order valence-corrected chi connectivity index (χ2v) is 12.7. The van der Waals surface area contributed by atoms with Crippen LogP contribution in [-0.2, 0) is 36.8 Å². The molecule has 48 heavy (non-hydrogen) atoms. The van der Waals surface area contributed by atoms with Crippen LogP contribution in [0.5, 0.6) is 0 Å². The summed E-state index contributed by atoms with van der Waals surface area (Å²) in [6.45, 7) is 8.62. The monoisotopic (exact) mass is 658 g/mol. The smallest absolute Gasteiger partial charge is 0.243 e. The molecule has 0 unspecified atom stereocenters. The minimum absolute atomic E-state index is 0.0134. The molecule has 1 aliphatic rings. The van der Waals surface area contributed by atoms with Crippen molar-refractivity contribution in [3.05, 3.63) is 77.7 Å². The lowest BCUT2D eigenvalue weighted by molar-refractivity contribution is -0.137. The molecule has 256 valence electrons. The van der Waals surface area contributed by atoms with Crippen LogP contribution in [0.4, 0.5) is 0 Å². The number of nitrogens with one attached hydrogen (secondary N) is 4. The highest BCUT2D eigenvalue weighted by Gasteiger charge is 2.32. The van der Waals surface area contributed by atoms with E-state index in [-0.39, 0.29) is 31.8 Å². The summed E-state index contributed by atoms with van der Waals surface area (Å²) in [5.74, 6) is -1.54. The number of rotatable bonds is 8. The number of benzene rings is 2. The highest BCUT2D eigenvalue weighted by atomic mass is 16.4. The zero-order valence-corrected chi connectivity index (χ0v) is 28.2. The van der Waals surface area contributed by atoms with Gasteiger partial charge in [0, 0.05) is 24.6 Å². The van der Waals surface area contributed by atoms with E-state index in [4.69, 9.17) is 4.42 Å². The normalized spacial score (nSPS) is 21.4. The highest BCUT2D eigenvalue weighted by Crippen LogP contribution is 2.22. The maximum atomic E-state index is 13.8. The van der Waals surface area contributed by atoms with Crippen molar-refractivity contribution in [3.63, 3.8) is 0 Å². The van der Waals surface area contributed by atoms with Crippen LogP contribution < -0.4 is 21.3 Å². The second kappa shape index (κ2) is 16.7. The van der Waals surface area contributed by atoms with Crippen molar-refractivity contribution in [2.45, 2.75) is 84.5 Å². The van der Waals surface area contributed by atoms with E-state index in [1.54, 1.807) is 6.92 Å². The van der Waals surface area contributed by atoms with E-state index in [2.05, 4.69) is 26.3 Å². The Kier molecular flexibility index (Phi) is 12.5. The predicted octanol–water partition coefficient (Wildman–Crippen LogP) is 2.69. The Morgan fingerprint density at radius 1 is 0.896 bits per heavy atom. The maximum absolute atomic E-state index is 13.8. The quantitative estimate of drug-likeness (QED) is 0.289. The summed E-state index contributed by atoms with van der Waals surface area (Å²) in [6.07, 6.45) is 0.840. The molecule has 0 radical (unpaired) electrons. The fraction of sp³-hybridized carbons (Fsp3) is 0.444. The van der Waals surface area contributed by atoms with Gasteiger partial charge < -0.3 is 30.6 Å². The third kappa shape index (κ3) is 10.00. The first-order chi connectivity index (χ1) is 22.9. The SMILES string of the molecule is CC[C@H]1CN(C(=O)Cc2nc(-c3ccccc3)oc2C)CC(=O)N[C@H](C)C(=O)N[C@@H](CC(C)C)C(=O)N[C@@H](Cc2ccccc2)C(=O)N1. The van der Waals surface area contributed by atoms with Crippen molar-refractivity contribution < 1.29 is 28.4 Å². The number of aromatic nitrogens is 1. The van der Waals surface area contributed by atoms with Gasteiger partial charge in [-0.1, -0.05) is 69.3 Å². The van der Waals surface area contributed by atoms with Gasteiger partial charge in [0.1, 0.15) is 23.9 Å². The molecule has 0 bridgehead atoms. The summed E-state index contributed by atoms with van der Waals surface area (Å²) in [6, 6.07) is 15.2. The Morgan fingerprint density at radius 3 is 2.17 bits per heavy atom. The van der Waals surface area contributed by atoms with Crippen molar-refractivity contribution in [3.8, 4) is 11.5 Å². The van der Waals surface area contributed by atoms with E-state index in [1.807, 2.05) is 81.4 Å². The third-order valence-corrected chi connectivity index (χ3v) is 8.23. The van der Waals surface area contributed by atoms with Crippen molar-refractivity contribution in [1.82, 2.24) is 31.2 Å². The van der Waals surface area contributed by atoms with Crippen LogP contribution in [0.3, 0.4) is 0 Å². The fourth-order valence-corrected chi connectivity index (χ4v) is 5.51. The molecular formula is C36H46N6O6. The van der Waals surface area contributed by atoms with Crippen molar-refractivity contribution >= 4 is 29.5 Å². The predicted molar refractivity (Wildman–Crippen MR) is 180 cm³/mol. The van der Waals surface area contributed by atoms with E-state index in [9.17, 15) is 24.0 Å². The standard InChI is InChI=1S/C36H46N6O6/c1-6-27-20-42(32(44)19-28-24(5)48-36(41-28)26-15-11-8-12-16-26)21-31(43)37-23(4)33(45)39-29(17-22(2)3)35(47)40-30(34(46)38-27)18-25-13-9-7-10-14-25/h7-16,22-23,27,29-30H,6,17-21H2,1-5H3,(H,37,43)(H,38,46)(H,39,45)(H,40,47)/t23-,27+,29+,30+/m1/s1. The summed E-state index contributed by atoms with van der Waals surface area (Å²) >= 11 is 0. The fourth-order valence-electron chi connectivity index (χ4n) is 5.51. The molecule has 1 saturated heterocycles. The minimum atomic E-state index is -0.991. The Hall–Kier alpha value is -5.00. The molecule has 1 aliphatic heterocycles. The van der Waals surface area contributed by atoms with Gasteiger partial charge in [-0.05, 0) is 50.3 Å². The Labute approximate surface area is 281 Å². The molecule has 4 N–H and O–H groups in total. The number of carbonyl (C=O) groups excluding carboxylic acids is 5. The molecule has 3 aromatic rings. The van der Waals surface area contributed by atoms with E-state index in [0.29, 0.717) is 30.2 Å². The maximum Gasteiger partial charge on any atom is 0.243 e. The minimum Gasteiger partial charge on any atom is -0.441 e. The molecule has 4 rings (SSSR count). The lowest BCUT2D eigenvalue weighted by atomic mass is 10.0. The van der Waals surface area contributed by atoms with Crippen molar-refractivity contribution in [2.75, 3.05) is 13.1 Å². The number of nitrogens with zero attached hydrogens (tertiary/aromatic N) is 2. The highest BCUT2D eigenvalue weighted by molar-refractivity contribution is 5.95. The lowest BCUT2D eigenvalue weighted by Crippen LogP contribution is -2.57. The third-order valence-electron chi connectivity index (χ3n) is 8.23. The molecule has 12 heteroatoms. The van der Waals surface area contributed by atoms with Crippen LogP contribution in [0, 0.1) is 12.8 Å². The molecule has 12 nitrogen and oxygen atoms in total. The molecule has 0 aliphatic carbocycles. The average Bonchev–Trinajstić information content (AvgIpc) is 3.42. The summed E-state index contributed by atoms with van der Waals surface area (Å²) < 4.78 is 5.85. The number of hydrogen-bond acceptors (Lipinski definition) is 7. The van der Waals surface area contributed by atoms with Gasteiger partial charge in [0.15, 0.2) is 0 Å². The first kappa shape index (κ1) is 35.8. The summed E-state index contributed by atoms with van der Waals surface area (Å²) in [7, 11) is 0. The average molecular weight is 659 g/mol. The molecule has 1 aromatic heterocycles. The number of oxazole rings is 1. The Balaban J connectivity index is 1.63. The first-order valence-electron chi connectivity index (χ1n) is 16.5. The summed E-state index contributed by atoms with van der Waals surface area (Å²) in [4.78, 5) is 73.6. The Bertz CT molecular complexity index is 1570. The number of carbonyl (C=O) groups is 5. The molecule has 0 spiro atoms. The molecular weight excluding hydrogens is 612 g/mol. The van der Waals surface area contributed by atoms with Crippen molar-refractivity contribution in [2.24, 2.45) is 5.92 Å². The van der Waals surface area contributed by atoms with Crippen LogP contribution >= 0.6 is 0 Å². The van der Waals surface area contributed by atoms with Gasteiger partial charge in [0.2, 0.25) is 35.4 Å². The van der Waals surface area contributed by atoms with Gasteiger partial charge in [-0.15, -0.1) is 0 Å². The zero-order chi connectivity index (χ0) is 34.8. The Morgan fingerprint density at radius 2 is 1.52 bits per heavy atom. The molecule has 1 fully saturated rings.